The molecule has 3 heterocycles. The zero-order chi connectivity index (χ0) is 16.2. The van der Waals surface area contributed by atoms with Crippen molar-refractivity contribution in [3.8, 4) is 5.88 Å². The monoisotopic (exact) mass is 314 g/mol. The molecule has 0 aliphatic carbocycles. The fourth-order valence-electron chi connectivity index (χ4n) is 2.60. The molecule has 2 aromatic rings. The van der Waals surface area contributed by atoms with E-state index in [0.29, 0.717) is 11.8 Å². The Hall–Kier alpha value is -2.44. The molecule has 1 saturated heterocycles. The van der Waals surface area contributed by atoms with Crippen LogP contribution in [-0.4, -0.2) is 53.2 Å². The predicted molar refractivity (Wildman–Crippen MR) is 89.1 cm³/mol. The molecule has 3 rings (SSSR count). The molecule has 1 aliphatic rings. The quantitative estimate of drug-likeness (QED) is 0.851. The van der Waals surface area contributed by atoms with Crippen LogP contribution in [0.15, 0.2) is 24.7 Å². The van der Waals surface area contributed by atoms with Gasteiger partial charge in [-0.3, -0.25) is 0 Å². The summed E-state index contributed by atoms with van der Waals surface area (Å²) in [5, 5.41) is 0. The third kappa shape index (κ3) is 3.49. The molecule has 2 aromatic heterocycles. The average molecular weight is 314 g/mol. The topological polar surface area (TPSA) is 67.3 Å². The van der Waals surface area contributed by atoms with Crippen LogP contribution in [0.3, 0.4) is 0 Å². The van der Waals surface area contributed by atoms with Crippen LogP contribution in [-0.2, 0) is 0 Å². The maximum atomic E-state index is 5.17. The fourth-order valence-corrected chi connectivity index (χ4v) is 2.60. The van der Waals surface area contributed by atoms with Gasteiger partial charge in [0.25, 0.3) is 0 Å². The van der Waals surface area contributed by atoms with Crippen molar-refractivity contribution < 1.29 is 4.74 Å². The smallest absolute Gasteiger partial charge is 0.218 e. The highest BCUT2D eigenvalue weighted by Crippen LogP contribution is 2.20. The van der Waals surface area contributed by atoms with E-state index >= 15 is 0 Å². The van der Waals surface area contributed by atoms with Crippen molar-refractivity contribution in [1.82, 2.24) is 19.9 Å². The molecule has 1 aliphatic heterocycles. The Bertz CT molecular complexity index is 655. The summed E-state index contributed by atoms with van der Waals surface area (Å²) in [6.07, 6.45) is 3.39. The standard InChI is InChI=1S/C16H22N6O/c1-12(2)16-17-5-4-13(20-16)21-6-8-22(9-7-21)14-10-15(23-3)19-11-18-14/h4-5,10-12H,6-9H2,1-3H3. The molecule has 122 valence electrons. The molecule has 7 heteroatoms. The summed E-state index contributed by atoms with van der Waals surface area (Å²) in [7, 11) is 1.62. The van der Waals surface area contributed by atoms with Gasteiger partial charge in [0.15, 0.2) is 0 Å². The van der Waals surface area contributed by atoms with Crippen molar-refractivity contribution in [3.05, 3.63) is 30.5 Å². The number of hydrogen-bond acceptors (Lipinski definition) is 7. The fraction of sp³-hybridized carbons (Fsp3) is 0.500. The number of piperazine rings is 1. The van der Waals surface area contributed by atoms with E-state index in [-0.39, 0.29) is 0 Å². The van der Waals surface area contributed by atoms with Gasteiger partial charge in [-0.15, -0.1) is 0 Å². The molecular weight excluding hydrogens is 292 g/mol. The molecule has 0 unspecified atom stereocenters. The minimum atomic E-state index is 0.338. The van der Waals surface area contributed by atoms with Crippen molar-refractivity contribution in [2.24, 2.45) is 0 Å². The summed E-state index contributed by atoms with van der Waals surface area (Å²) in [6.45, 7) is 7.81. The lowest BCUT2D eigenvalue weighted by molar-refractivity contribution is 0.396. The highest BCUT2D eigenvalue weighted by Gasteiger charge is 2.20. The number of methoxy groups -OCH3 is 1. The van der Waals surface area contributed by atoms with Gasteiger partial charge in [0, 0.05) is 44.4 Å². The van der Waals surface area contributed by atoms with Gasteiger partial charge in [-0.05, 0) is 6.07 Å². The Morgan fingerprint density at radius 1 is 1.00 bits per heavy atom. The summed E-state index contributed by atoms with van der Waals surface area (Å²) >= 11 is 0. The zero-order valence-corrected chi connectivity index (χ0v) is 13.8. The molecular formula is C16H22N6O. The number of hydrogen-bond donors (Lipinski definition) is 0. The minimum absolute atomic E-state index is 0.338. The molecule has 0 aromatic carbocycles. The van der Waals surface area contributed by atoms with Gasteiger partial charge in [0.05, 0.1) is 7.11 Å². The third-order valence-electron chi connectivity index (χ3n) is 3.94. The normalized spacial score (nSPS) is 15.1. The molecule has 23 heavy (non-hydrogen) atoms. The van der Waals surface area contributed by atoms with Gasteiger partial charge in [-0.1, -0.05) is 13.8 Å². The van der Waals surface area contributed by atoms with Crippen LogP contribution >= 0.6 is 0 Å². The number of aromatic nitrogens is 4. The van der Waals surface area contributed by atoms with E-state index in [2.05, 4.69) is 43.6 Å². The molecule has 0 bridgehead atoms. The van der Waals surface area contributed by atoms with Crippen LogP contribution in [0, 0.1) is 0 Å². The second-order valence-electron chi connectivity index (χ2n) is 5.82. The molecule has 0 saturated carbocycles. The third-order valence-corrected chi connectivity index (χ3v) is 3.94. The minimum Gasteiger partial charge on any atom is -0.481 e. The van der Waals surface area contributed by atoms with Crippen LogP contribution in [0.2, 0.25) is 0 Å². The summed E-state index contributed by atoms with van der Waals surface area (Å²) < 4.78 is 5.17. The van der Waals surface area contributed by atoms with Crippen molar-refractivity contribution >= 4 is 11.6 Å². The molecule has 0 amide bonds. The van der Waals surface area contributed by atoms with Crippen LogP contribution in [0.5, 0.6) is 5.88 Å². The van der Waals surface area contributed by atoms with E-state index in [0.717, 1.165) is 43.6 Å². The Morgan fingerprint density at radius 3 is 2.35 bits per heavy atom. The Labute approximate surface area is 136 Å². The molecule has 0 spiro atoms. The van der Waals surface area contributed by atoms with E-state index in [1.54, 1.807) is 13.4 Å². The van der Waals surface area contributed by atoms with Crippen LogP contribution in [0.1, 0.15) is 25.6 Å². The van der Waals surface area contributed by atoms with E-state index < -0.39 is 0 Å². The van der Waals surface area contributed by atoms with Crippen LogP contribution in [0.4, 0.5) is 11.6 Å². The summed E-state index contributed by atoms with van der Waals surface area (Å²) in [5.41, 5.74) is 0. The second kappa shape index (κ2) is 6.76. The summed E-state index contributed by atoms with van der Waals surface area (Å²) in [4.78, 5) is 21.9. The molecule has 0 radical (unpaired) electrons. The SMILES string of the molecule is COc1cc(N2CCN(c3ccnc(C(C)C)n3)CC2)ncn1. The lowest BCUT2D eigenvalue weighted by Crippen LogP contribution is -2.47. The first-order chi connectivity index (χ1) is 11.2. The average Bonchev–Trinajstić information content (AvgIpc) is 2.62. The van der Waals surface area contributed by atoms with Gasteiger partial charge in [0.2, 0.25) is 5.88 Å². The summed E-state index contributed by atoms with van der Waals surface area (Å²) in [5.74, 6) is 3.73. The van der Waals surface area contributed by atoms with Gasteiger partial charge >= 0.3 is 0 Å². The molecule has 1 fully saturated rings. The second-order valence-corrected chi connectivity index (χ2v) is 5.82. The lowest BCUT2D eigenvalue weighted by Gasteiger charge is -2.36. The number of anilines is 2. The highest BCUT2D eigenvalue weighted by molar-refractivity contribution is 5.45. The highest BCUT2D eigenvalue weighted by atomic mass is 16.5. The molecule has 0 N–H and O–H groups in total. The molecule has 0 atom stereocenters. The van der Waals surface area contributed by atoms with Crippen LogP contribution < -0.4 is 14.5 Å². The lowest BCUT2D eigenvalue weighted by atomic mass is 10.2. The maximum absolute atomic E-state index is 5.17. The van der Waals surface area contributed by atoms with Gasteiger partial charge in [-0.2, -0.15) is 0 Å². The van der Waals surface area contributed by atoms with E-state index in [1.165, 1.54) is 0 Å². The van der Waals surface area contributed by atoms with E-state index in [4.69, 9.17) is 4.74 Å². The van der Waals surface area contributed by atoms with Crippen molar-refractivity contribution in [3.63, 3.8) is 0 Å². The molecule has 7 nitrogen and oxygen atoms in total. The Kier molecular flexibility index (Phi) is 4.55. The number of ether oxygens (including phenoxy) is 1. The first-order valence-electron chi connectivity index (χ1n) is 7.86. The number of nitrogens with zero attached hydrogens (tertiary/aromatic N) is 6. The van der Waals surface area contributed by atoms with Crippen molar-refractivity contribution in [1.29, 1.82) is 0 Å². The first kappa shape index (κ1) is 15.5. The summed E-state index contributed by atoms with van der Waals surface area (Å²) in [6, 6.07) is 3.85. The van der Waals surface area contributed by atoms with Crippen LogP contribution in [0.25, 0.3) is 0 Å². The van der Waals surface area contributed by atoms with Crippen molar-refractivity contribution in [2.45, 2.75) is 19.8 Å². The first-order valence-corrected chi connectivity index (χ1v) is 7.86. The largest absolute Gasteiger partial charge is 0.481 e. The van der Waals surface area contributed by atoms with Gasteiger partial charge < -0.3 is 14.5 Å². The van der Waals surface area contributed by atoms with Gasteiger partial charge in [0.1, 0.15) is 23.8 Å². The van der Waals surface area contributed by atoms with Crippen molar-refractivity contribution in [2.75, 3.05) is 43.1 Å². The Morgan fingerprint density at radius 2 is 1.70 bits per heavy atom. The van der Waals surface area contributed by atoms with E-state index in [9.17, 15) is 0 Å². The Balaban J connectivity index is 1.67. The van der Waals surface area contributed by atoms with E-state index in [1.807, 2.05) is 18.3 Å². The predicted octanol–water partition coefficient (Wildman–Crippen LogP) is 1.73. The van der Waals surface area contributed by atoms with Gasteiger partial charge in [-0.25, -0.2) is 19.9 Å². The zero-order valence-electron chi connectivity index (χ0n) is 13.8. The maximum Gasteiger partial charge on any atom is 0.218 e. The number of rotatable bonds is 4.